The number of hydrogen-bond donors (Lipinski definition) is 2. The van der Waals surface area contributed by atoms with Gasteiger partial charge in [-0.15, -0.1) is 0 Å². The maximum absolute atomic E-state index is 11.0. The second-order valence-corrected chi connectivity index (χ2v) is 3.43. The molecule has 3 N–H and O–H groups in total. The molecule has 0 unspecified atom stereocenters. The summed E-state index contributed by atoms with van der Waals surface area (Å²) in [5.74, 6) is -0.142. The van der Waals surface area contributed by atoms with Crippen LogP contribution in [-0.4, -0.2) is 18.2 Å². The van der Waals surface area contributed by atoms with Crippen LogP contribution < -0.4 is 5.73 Å². The summed E-state index contributed by atoms with van der Waals surface area (Å²) in [6, 6.07) is 4.50. The largest absolute Gasteiger partial charge is 0.508 e. The minimum Gasteiger partial charge on any atom is -0.508 e. The molecule has 0 saturated heterocycles. The predicted octanol–water partition coefficient (Wildman–Crippen LogP) is 1.26. The maximum atomic E-state index is 11.0. The van der Waals surface area contributed by atoms with E-state index in [1.807, 2.05) is 6.92 Å². The molecule has 4 nitrogen and oxygen atoms in total. The molecule has 1 rings (SSSR count). The standard InChI is InChI=1S/C11H15NO3/c1-7-5-8(13)3-4-9(7)10(12)6-11(14)15-2/h3-5,10,13H,6,12H2,1-2H3/t10-/m1/s1. The third kappa shape index (κ3) is 2.95. The summed E-state index contributed by atoms with van der Waals surface area (Å²) in [5, 5.41) is 9.21. The summed E-state index contributed by atoms with van der Waals surface area (Å²) in [5.41, 5.74) is 7.55. The highest BCUT2D eigenvalue weighted by molar-refractivity contribution is 5.70. The number of phenolic OH excluding ortho intramolecular Hbond substituents is 1. The molecule has 0 fully saturated rings. The molecule has 0 saturated carbocycles. The minimum atomic E-state index is -0.391. The number of hydrogen-bond acceptors (Lipinski definition) is 4. The van der Waals surface area contributed by atoms with Crippen LogP contribution in [-0.2, 0) is 9.53 Å². The third-order valence-electron chi connectivity index (χ3n) is 2.27. The van der Waals surface area contributed by atoms with Gasteiger partial charge < -0.3 is 15.6 Å². The van der Waals surface area contributed by atoms with Crippen molar-refractivity contribution in [2.24, 2.45) is 5.73 Å². The van der Waals surface area contributed by atoms with E-state index < -0.39 is 6.04 Å². The van der Waals surface area contributed by atoms with Crippen molar-refractivity contribution in [2.75, 3.05) is 7.11 Å². The van der Waals surface area contributed by atoms with Crippen LogP contribution in [0, 0.1) is 6.92 Å². The molecule has 1 aromatic rings. The van der Waals surface area contributed by atoms with Crippen LogP contribution in [0.2, 0.25) is 0 Å². The van der Waals surface area contributed by atoms with Crippen LogP contribution in [0.15, 0.2) is 18.2 Å². The van der Waals surface area contributed by atoms with Crippen LogP contribution >= 0.6 is 0 Å². The summed E-state index contributed by atoms with van der Waals surface area (Å²) in [6.45, 7) is 1.84. The number of methoxy groups -OCH3 is 1. The van der Waals surface area contributed by atoms with Gasteiger partial charge in [0.25, 0.3) is 0 Å². The number of carbonyl (C=O) groups excluding carboxylic acids is 1. The number of carbonyl (C=O) groups is 1. The molecule has 0 radical (unpaired) electrons. The first-order valence-corrected chi connectivity index (χ1v) is 4.66. The van der Waals surface area contributed by atoms with Crippen LogP contribution in [0.1, 0.15) is 23.6 Å². The van der Waals surface area contributed by atoms with Gasteiger partial charge in [0.2, 0.25) is 0 Å². The Morgan fingerprint density at radius 1 is 1.60 bits per heavy atom. The molecule has 0 aliphatic rings. The Morgan fingerprint density at radius 2 is 2.27 bits per heavy atom. The molecule has 0 bridgehead atoms. The molecule has 1 atom stereocenters. The highest BCUT2D eigenvalue weighted by Crippen LogP contribution is 2.22. The molecule has 0 aromatic heterocycles. The Labute approximate surface area is 88.7 Å². The average Bonchev–Trinajstić information content (AvgIpc) is 2.17. The Balaban J connectivity index is 2.82. The van der Waals surface area contributed by atoms with E-state index in [9.17, 15) is 9.90 Å². The first-order chi connectivity index (χ1) is 7.04. The number of aromatic hydroxyl groups is 1. The number of nitrogens with two attached hydrogens (primary N) is 1. The number of ether oxygens (including phenoxy) is 1. The summed E-state index contributed by atoms with van der Waals surface area (Å²) in [6.07, 6.45) is 0.141. The van der Waals surface area contributed by atoms with Crippen molar-refractivity contribution in [1.82, 2.24) is 0 Å². The zero-order chi connectivity index (χ0) is 11.4. The lowest BCUT2D eigenvalue weighted by Crippen LogP contribution is -2.17. The molecule has 1 aromatic carbocycles. The zero-order valence-electron chi connectivity index (χ0n) is 8.86. The molecule has 4 heteroatoms. The Kier molecular flexibility index (Phi) is 3.68. The molecule has 0 spiro atoms. The van der Waals surface area contributed by atoms with E-state index in [0.29, 0.717) is 0 Å². The van der Waals surface area contributed by atoms with Crippen LogP contribution in [0.25, 0.3) is 0 Å². The number of esters is 1. The lowest BCUT2D eigenvalue weighted by molar-refractivity contribution is -0.141. The fourth-order valence-electron chi connectivity index (χ4n) is 1.45. The molecule has 82 valence electrons. The van der Waals surface area contributed by atoms with Gasteiger partial charge in [-0.2, -0.15) is 0 Å². The van der Waals surface area contributed by atoms with Crippen LogP contribution in [0.5, 0.6) is 5.75 Å². The first-order valence-electron chi connectivity index (χ1n) is 4.66. The molecule has 0 heterocycles. The zero-order valence-corrected chi connectivity index (χ0v) is 8.86. The van der Waals surface area contributed by atoms with E-state index in [1.54, 1.807) is 18.2 Å². The summed E-state index contributed by atoms with van der Waals surface area (Å²) < 4.78 is 4.54. The minimum absolute atomic E-state index is 0.141. The summed E-state index contributed by atoms with van der Waals surface area (Å²) in [7, 11) is 1.33. The Bertz CT molecular complexity index is 363. The predicted molar refractivity (Wildman–Crippen MR) is 56.4 cm³/mol. The molecular weight excluding hydrogens is 194 g/mol. The van der Waals surface area contributed by atoms with Crippen LogP contribution in [0.4, 0.5) is 0 Å². The number of phenols is 1. The van der Waals surface area contributed by atoms with Crippen molar-refractivity contribution >= 4 is 5.97 Å². The average molecular weight is 209 g/mol. The van der Waals surface area contributed by atoms with Gasteiger partial charge in [0.1, 0.15) is 5.75 Å². The number of rotatable bonds is 3. The normalized spacial score (nSPS) is 12.2. The van der Waals surface area contributed by atoms with Gasteiger partial charge >= 0.3 is 5.97 Å². The number of benzene rings is 1. The van der Waals surface area contributed by atoms with Gasteiger partial charge in [0.15, 0.2) is 0 Å². The van der Waals surface area contributed by atoms with E-state index in [0.717, 1.165) is 11.1 Å². The Morgan fingerprint density at radius 3 is 2.80 bits per heavy atom. The maximum Gasteiger partial charge on any atom is 0.307 e. The van der Waals surface area contributed by atoms with Crippen molar-refractivity contribution in [1.29, 1.82) is 0 Å². The van der Waals surface area contributed by atoms with E-state index in [2.05, 4.69) is 4.74 Å². The summed E-state index contributed by atoms with van der Waals surface area (Å²) in [4.78, 5) is 11.0. The second-order valence-electron chi connectivity index (χ2n) is 3.43. The van der Waals surface area contributed by atoms with Crippen molar-refractivity contribution < 1.29 is 14.6 Å². The number of aryl methyl sites for hydroxylation is 1. The van der Waals surface area contributed by atoms with E-state index in [4.69, 9.17) is 5.73 Å². The highest BCUT2D eigenvalue weighted by Gasteiger charge is 2.13. The van der Waals surface area contributed by atoms with Crippen molar-refractivity contribution in [3.8, 4) is 5.75 Å². The molecule has 0 aliphatic carbocycles. The fourth-order valence-corrected chi connectivity index (χ4v) is 1.45. The second kappa shape index (κ2) is 4.79. The van der Waals surface area contributed by atoms with Crippen LogP contribution in [0.3, 0.4) is 0 Å². The monoisotopic (exact) mass is 209 g/mol. The van der Waals surface area contributed by atoms with Crippen molar-refractivity contribution in [3.05, 3.63) is 29.3 Å². The van der Waals surface area contributed by atoms with E-state index in [-0.39, 0.29) is 18.1 Å². The Hall–Kier alpha value is -1.55. The van der Waals surface area contributed by atoms with E-state index in [1.165, 1.54) is 7.11 Å². The highest BCUT2D eigenvalue weighted by atomic mass is 16.5. The molecule has 15 heavy (non-hydrogen) atoms. The molecule has 0 amide bonds. The molecule has 0 aliphatic heterocycles. The quantitative estimate of drug-likeness (QED) is 0.735. The lowest BCUT2D eigenvalue weighted by Gasteiger charge is -2.13. The first kappa shape index (κ1) is 11.5. The van der Waals surface area contributed by atoms with Gasteiger partial charge in [0, 0.05) is 6.04 Å². The van der Waals surface area contributed by atoms with Gasteiger partial charge in [0.05, 0.1) is 13.5 Å². The van der Waals surface area contributed by atoms with Gasteiger partial charge in [-0.1, -0.05) is 6.07 Å². The lowest BCUT2D eigenvalue weighted by atomic mass is 9.99. The van der Waals surface area contributed by atoms with Crippen molar-refractivity contribution in [3.63, 3.8) is 0 Å². The van der Waals surface area contributed by atoms with Gasteiger partial charge in [-0.25, -0.2) is 0 Å². The SMILES string of the molecule is COC(=O)C[C@@H](N)c1ccc(O)cc1C. The van der Waals surface area contributed by atoms with E-state index >= 15 is 0 Å². The summed E-state index contributed by atoms with van der Waals surface area (Å²) >= 11 is 0. The van der Waals surface area contributed by atoms with Gasteiger partial charge in [-0.05, 0) is 30.2 Å². The van der Waals surface area contributed by atoms with Gasteiger partial charge in [-0.3, -0.25) is 4.79 Å². The third-order valence-corrected chi connectivity index (χ3v) is 2.27. The smallest absolute Gasteiger partial charge is 0.307 e. The van der Waals surface area contributed by atoms with Crippen molar-refractivity contribution in [2.45, 2.75) is 19.4 Å². The fraction of sp³-hybridized carbons (Fsp3) is 0.364. The molecular formula is C11H15NO3. The topological polar surface area (TPSA) is 72.5 Å².